The predicted molar refractivity (Wildman–Crippen MR) is 345 cm³/mol. The van der Waals surface area contributed by atoms with Gasteiger partial charge in [-0.3, -0.25) is 19.2 Å². The highest BCUT2D eigenvalue weighted by molar-refractivity contribution is 7.20. The molecule has 4 heterocycles. The lowest BCUT2D eigenvalue weighted by Gasteiger charge is -2.34. The van der Waals surface area contributed by atoms with Crippen LogP contribution >= 0.6 is 33.8 Å². The monoisotopic (exact) mass is 1370 g/mol. The van der Waals surface area contributed by atoms with E-state index in [0.29, 0.717) is 31.6 Å². The molecule has 12 atom stereocenters. The maximum atomic E-state index is 13.2. The molecule has 0 radical (unpaired) electrons. The number of hydrogen-bond donors (Lipinski definition) is 5. The summed E-state index contributed by atoms with van der Waals surface area (Å²) in [5, 5.41) is 59.8. The Balaban J connectivity index is 0.000000693. The van der Waals surface area contributed by atoms with Gasteiger partial charge in [0.15, 0.2) is 7.38 Å². The van der Waals surface area contributed by atoms with Crippen LogP contribution in [-0.2, 0) is 43.0 Å². The number of alkyl halides is 6. The summed E-state index contributed by atoms with van der Waals surface area (Å²) in [5.74, 6) is -9.50. The van der Waals surface area contributed by atoms with E-state index in [0.717, 1.165) is 51.0 Å². The number of carbonyl (C=O) groups excluding carboxylic acids is 6. The van der Waals surface area contributed by atoms with Crippen LogP contribution in [0.25, 0.3) is 12.2 Å². The first-order chi connectivity index (χ1) is 41.7. The molecular weight excluding hydrogens is 1270 g/mol. The van der Waals surface area contributed by atoms with Crippen LogP contribution in [0.3, 0.4) is 0 Å². The molecule has 4 rings (SSSR count). The first-order valence-electron chi connectivity index (χ1n) is 30.7. The van der Waals surface area contributed by atoms with Gasteiger partial charge >= 0.3 is 36.2 Å². The molecule has 0 spiro atoms. The third-order valence-corrected chi connectivity index (χ3v) is 25.2. The van der Waals surface area contributed by atoms with E-state index in [1.807, 2.05) is 77.5 Å². The fraction of sp³-hybridized carbons (Fsp3) is 0.692. The Morgan fingerprint density at radius 2 is 0.967 bits per heavy atom. The minimum Gasteiger partial charge on any atom is -0.457 e. The van der Waals surface area contributed by atoms with Crippen molar-refractivity contribution < 1.29 is 94.9 Å². The Morgan fingerprint density at radius 1 is 0.626 bits per heavy atom. The summed E-state index contributed by atoms with van der Waals surface area (Å²) in [4.78, 5) is 80.4. The average molecular weight is 1370 g/mol. The lowest BCUT2D eigenvalue weighted by atomic mass is 9.72. The number of aromatic nitrogens is 2. The van der Waals surface area contributed by atoms with Crippen molar-refractivity contribution >= 4 is 88.7 Å². The number of ether oxygens (including phenoxy) is 3. The number of nitrogens with zero attached hydrogens (tertiary/aromatic N) is 2. The van der Waals surface area contributed by atoms with Crippen molar-refractivity contribution in [2.24, 2.45) is 40.4 Å². The van der Waals surface area contributed by atoms with Crippen molar-refractivity contribution in [2.75, 3.05) is 0 Å². The van der Waals surface area contributed by atoms with Gasteiger partial charge in [0.2, 0.25) is 0 Å². The predicted octanol–water partition coefficient (Wildman–Crippen LogP) is 14.2. The van der Waals surface area contributed by atoms with E-state index in [2.05, 4.69) is 55.4 Å². The maximum absolute atomic E-state index is 13.2. The van der Waals surface area contributed by atoms with E-state index in [1.165, 1.54) is 35.0 Å². The van der Waals surface area contributed by atoms with Crippen LogP contribution in [0.2, 0.25) is 18.1 Å². The molecular formula is C65H99ClF6N2O14S2Si. The number of ketones is 2. The fourth-order valence-corrected chi connectivity index (χ4v) is 12.5. The minimum atomic E-state index is -5.62. The highest BCUT2D eigenvalue weighted by Gasteiger charge is 2.49. The highest BCUT2D eigenvalue weighted by atomic mass is 35.6. The van der Waals surface area contributed by atoms with Crippen molar-refractivity contribution in [3.8, 4) is 0 Å². The molecule has 0 unspecified atom stereocenters. The van der Waals surface area contributed by atoms with Crippen LogP contribution in [0, 0.1) is 54.3 Å². The zero-order chi connectivity index (χ0) is 70.5. The lowest BCUT2D eigenvalue weighted by molar-refractivity contribution is -0.221. The molecule has 0 aromatic carbocycles. The van der Waals surface area contributed by atoms with Gasteiger partial charge in [-0.05, 0) is 132 Å². The van der Waals surface area contributed by atoms with Crippen LogP contribution in [0.15, 0.2) is 45.2 Å². The molecule has 2 aromatic rings. The standard InChI is InChI=1S/C28H43NO5S.C27H41NO6S.C6H15ClSi.C4F6O3/c1-16-9-10-18(3)26(32)20(5)27(33)28(7,8)24(30)14-25(31)34-23(12-11-17(16)2)19(4)13-22-15-35-21(6)29-22;1-15-9-11-22(17(3)12-20-14-35-19(5)28-20)34-24(31)13-23(30)27(6,7)26(33)18(4)25(32)16(2)8-10-21(15)29;1-4-8(7,5-2)6-3;5-3(6,7)1(11)13-2(12)4(8,9)10/h11,13,15-16,18,20,23-24,26,30,32H,9-10,12,14H2,1-8H3;9,12,14,16,18,21-23,25,29-30,32H,8,10-11,13H2,1-7H3;4-6H2,1-3H3;/b17-11-,19-13+;15-9-,17-12+;;/t16-,18+,20-,23+,24+,26+;16-,18+,21+,22-,23-,25-;;/m10../s1. The van der Waals surface area contributed by atoms with Crippen LogP contribution in [-0.4, -0.2) is 133 Å². The molecule has 0 bridgehead atoms. The number of halogens is 7. The Hall–Kier alpha value is -4.47. The summed E-state index contributed by atoms with van der Waals surface area (Å²) < 4.78 is 81.3. The van der Waals surface area contributed by atoms with Gasteiger partial charge in [-0.1, -0.05) is 101 Å². The molecule has 91 heavy (non-hydrogen) atoms. The number of aryl methyl sites for hydroxylation is 2. The second kappa shape index (κ2) is 37.6. The molecule has 0 saturated heterocycles. The summed E-state index contributed by atoms with van der Waals surface area (Å²) in [6.07, 6.45) is -6.61. The smallest absolute Gasteiger partial charge is 0.457 e. The third-order valence-electron chi connectivity index (χ3n) is 17.4. The number of carbonyl (C=O) groups is 6. The van der Waals surface area contributed by atoms with Crippen LogP contribution in [0.5, 0.6) is 0 Å². The van der Waals surface area contributed by atoms with E-state index in [4.69, 9.17) is 20.6 Å². The van der Waals surface area contributed by atoms with Crippen LogP contribution in [0.4, 0.5) is 26.3 Å². The number of Topliss-reactive ketones (excluding diaryl/α,β-unsaturated/α-hetero) is 2. The number of aliphatic hydroxyl groups is 5. The second-order valence-electron chi connectivity index (χ2n) is 25.3. The molecule has 26 heteroatoms. The average Bonchev–Trinajstić information content (AvgIpc) is 1.43. The highest BCUT2D eigenvalue weighted by Crippen LogP contribution is 2.36. The van der Waals surface area contributed by atoms with E-state index >= 15 is 0 Å². The van der Waals surface area contributed by atoms with Crippen molar-refractivity contribution in [3.05, 3.63) is 66.6 Å². The summed E-state index contributed by atoms with van der Waals surface area (Å²) in [6, 6.07) is 3.67. The molecule has 518 valence electrons. The maximum Gasteiger partial charge on any atom is 0.491 e. The molecule has 0 aliphatic carbocycles. The van der Waals surface area contributed by atoms with Crippen molar-refractivity contribution in [2.45, 2.75) is 249 Å². The van der Waals surface area contributed by atoms with E-state index < -0.39 is 109 Å². The number of allylic oxidation sites excluding steroid dienone is 1. The molecule has 5 N–H and O–H groups in total. The third kappa shape index (κ3) is 27.8. The van der Waals surface area contributed by atoms with Crippen LogP contribution in [0.1, 0.15) is 184 Å². The fourth-order valence-electron chi connectivity index (χ4n) is 9.84. The van der Waals surface area contributed by atoms with E-state index in [1.54, 1.807) is 52.9 Å². The van der Waals surface area contributed by atoms with Gasteiger partial charge in [-0.15, -0.1) is 22.7 Å². The Kier molecular flexibility index (Phi) is 34.9. The zero-order valence-electron chi connectivity index (χ0n) is 55.9. The topological polar surface area (TPSA) is 257 Å². The summed E-state index contributed by atoms with van der Waals surface area (Å²) >= 11 is 9.33. The van der Waals surface area contributed by atoms with Gasteiger partial charge in [-0.2, -0.15) is 37.4 Å². The zero-order valence-corrected chi connectivity index (χ0v) is 59.3. The second-order valence-corrected chi connectivity index (χ2v) is 34.2. The van der Waals surface area contributed by atoms with Gasteiger partial charge < -0.3 is 39.7 Å². The SMILES string of the molecule is C/C1=C/C[C@@H](/C(C)=C/c2csc(C)n2)OC(=O)C[C@H](O)C(C)(C)C(=O)[C@H](C)[C@@H](O)[C@@H](C)CC[C@H]1C.C/C1=C/C[C@@H](/C(C)=C/c2csc(C)n2)OC(=O)C[C@H](O)C(C)(C)C(=O)[C@H](C)[C@@H](O)[C@@H](C)CC[C@H]1O.CC[Si](Cl)(CC)CC.O=C(OC(=O)C(F)(F)F)C(F)(F)F. The Bertz CT molecular complexity index is 2640. The number of thiazole rings is 2. The summed E-state index contributed by atoms with van der Waals surface area (Å²) in [7, 11) is -1.20. The van der Waals surface area contributed by atoms with Crippen molar-refractivity contribution in [3.63, 3.8) is 0 Å². The first-order valence-corrected chi connectivity index (χ1v) is 36.1. The number of aliphatic hydroxyl groups excluding tert-OH is 5. The number of hydrogen-bond acceptors (Lipinski definition) is 18. The molecule has 2 aromatic heterocycles. The first kappa shape index (κ1) is 84.5. The Morgan fingerprint density at radius 3 is 1.27 bits per heavy atom. The van der Waals surface area contributed by atoms with Crippen molar-refractivity contribution in [1.29, 1.82) is 0 Å². The number of esters is 4. The quantitative estimate of drug-likeness (QED) is 0.0328. The van der Waals surface area contributed by atoms with Gasteiger partial charge in [0.1, 0.15) is 23.8 Å². The lowest BCUT2D eigenvalue weighted by Crippen LogP contribution is -2.45. The van der Waals surface area contributed by atoms with E-state index in [9.17, 15) is 80.6 Å². The summed E-state index contributed by atoms with van der Waals surface area (Å²) in [5.41, 5.74) is 2.78. The minimum absolute atomic E-state index is 0.0606. The summed E-state index contributed by atoms with van der Waals surface area (Å²) in [6.45, 7) is 33.9. The number of rotatable bonds is 7. The molecule has 16 nitrogen and oxygen atoms in total. The molecule has 2 aliphatic rings. The molecule has 0 amide bonds. The normalized spacial score (nSPS) is 28.7. The van der Waals surface area contributed by atoms with Gasteiger partial charge in [0.25, 0.3) is 0 Å². The van der Waals surface area contributed by atoms with E-state index in [-0.39, 0.29) is 36.2 Å². The molecule has 0 saturated carbocycles. The van der Waals surface area contributed by atoms with Gasteiger partial charge in [0, 0.05) is 35.4 Å². The van der Waals surface area contributed by atoms with Gasteiger partial charge in [0.05, 0.1) is 75.6 Å². The van der Waals surface area contributed by atoms with Gasteiger partial charge in [-0.25, -0.2) is 19.6 Å². The van der Waals surface area contributed by atoms with Crippen LogP contribution < -0.4 is 0 Å². The number of cyclic esters (lactones) is 2. The van der Waals surface area contributed by atoms with Crippen molar-refractivity contribution in [1.82, 2.24) is 9.97 Å². The molecule has 0 fully saturated rings. The molecule has 2 aliphatic heterocycles. The largest absolute Gasteiger partial charge is 0.491 e. The Labute approximate surface area is 547 Å².